The lowest BCUT2D eigenvalue weighted by molar-refractivity contribution is -0.141. The lowest BCUT2D eigenvalue weighted by Gasteiger charge is -2.31. The Hall–Kier alpha value is -4.44. The number of ether oxygens (including phenoxy) is 1. The molecule has 0 amide bonds. The molecule has 0 spiro atoms. The topological polar surface area (TPSA) is 159 Å². The maximum absolute atomic E-state index is 13.9. The number of nitrogens with zero attached hydrogens (tertiary/aromatic N) is 7. The minimum atomic E-state index is -0.670. The predicted molar refractivity (Wildman–Crippen MR) is 136 cm³/mol. The molecule has 4 heterocycles. The highest BCUT2D eigenvalue weighted by Crippen LogP contribution is 2.23. The highest BCUT2D eigenvalue weighted by Gasteiger charge is 2.27. The summed E-state index contributed by atoms with van der Waals surface area (Å²) < 4.78 is 8.81. The Bertz CT molecular complexity index is 1670. The van der Waals surface area contributed by atoms with Gasteiger partial charge in [-0.15, -0.1) is 5.92 Å². The molecule has 1 aliphatic heterocycles. The summed E-state index contributed by atoms with van der Waals surface area (Å²) in [6.45, 7) is 2.71. The Kier molecular flexibility index (Phi) is 6.49. The number of piperidine rings is 1. The highest BCUT2D eigenvalue weighted by atomic mass is 16.5. The first kappa shape index (κ1) is 24.3. The SMILES string of the molecule is CC#CCn1c(N2CCCC(N)C2)nc2c1c(=O)n(Cc1ccc3n[nH]nc3c1)c(=O)n2CC(=O)OC. The van der Waals surface area contributed by atoms with Crippen LogP contribution in [0.5, 0.6) is 0 Å². The zero-order valence-electron chi connectivity index (χ0n) is 20.6. The molecule has 1 aliphatic rings. The van der Waals surface area contributed by atoms with Crippen LogP contribution >= 0.6 is 0 Å². The van der Waals surface area contributed by atoms with Crippen LogP contribution in [0.4, 0.5) is 5.95 Å². The summed E-state index contributed by atoms with van der Waals surface area (Å²) in [5.41, 5.74) is 7.25. The summed E-state index contributed by atoms with van der Waals surface area (Å²) in [6, 6.07) is 5.23. The van der Waals surface area contributed by atoms with Crippen LogP contribution in [0.25, 0.3) is 22.2 Å². The van der Waals surface area contributed by atoms with Crippen LogP contribution in [0.1, 0.15) is 25.3 Å². The van der Waals surface area contributed by atoms with E-state index in [2.05, 4.69) is 27.3 Å². The molecule has 37 heavy (non-hydrogen) atoms. The third kappa shape index (κ3) is 4.47. The molecule has 0 bridgehead atoms. The number of hydrogen-bond donors (Lipinski definition) is 2. The molecule has 0 radical (unpaired) electrons. The Morgan fingerprint density at radius 2 is 2.03 bits per heavy atom. The standard InChI is InChI=1S/C24H27N9O4/c1-3-4-10-31-20-21(26-23(31)30-9-5-6-16(25)13-30)32(14-19(34)37-2)24(36)33(22(20)35)12-15-7-8-17-18(11-15)28-29-27-17/h7-8,11,16H,5-6,9-10,12-14,25H2,1-2H3,(H,27,28,29). The second kappa shape index (κ2) is 9.90. The summed E-state index contributed by atoms with van der Waals surface area (Å²) >= 11 is 0. The van der Waals surface area contributed by atoms with E-state index in [1.54, 1.807) is 29.7 Å². The van der Waals surface area contributed by atoms with Gasteiger partial charge in [0.2, 0.25) is 5.95 Å². The Morgan fingerprint density at radius 1 is 1.22 bits per heavy atom. The van der Waals surface area contributed by atoms with Crippen LogP contribution in [-0.2, 0) is 29.2 Å². The van der Waals surface area contributed by atoms with E-state index in [9.17, 15) is 14.4 Å². The normalized spacial score (nSPS) is 15.6. The molecule has 1 fully saturated rings. The molecule has 192 valence electrons. The number of carbonyl (C=O) groups excluding carboxylic acids is 1. The maximum atomic E-state index is 13.9. The lowest BCUT2D eigenvalue weighted by Crippen LogP contribution is -2.44. The maximum Gasteiger partial charge on any atom is 0.333 e. The van der Waals surface area contributed by atoms with Gasteiger partial charge in [-0.3, -0.25) is 23.3 Å². The number of rotatable bonds is 6. The Balaban J connectivity index is 1.74. The number of esters is 1. The zero-order valence-corrected chi connectivity index (χ0v) is 20.6. The number of imidazole rings is 1. The van der Waals surface area contributed by atoms with Gasteiger partial charge in [-0.05, 0) is 37.5 Å². The fourth-order valence-electron chi connectivity index (χ4n) is 4.66. The van der Waals surface area contributed by atoms with Gasteiger partial charge in [0.1, 0.15) is 17.6 Å². The van der Waals surface area contributed by atoms with Crippen molar-refractivity contribution >= 4 is 34.1 Å². The summed E-state index contributed by atoms with van der Waals surface area (Å²) in [6.07, 6.45) is 1.76. The quantitative estimate of drug-likeness (QED) is 0.267. The van der Waals surface area contributed by atoms with Crippen molar-refractivity contribution in [3.05, 3.63) is 44.6 Å². The number of aromatic amines is 1. The minimum absolute atomic E-state index is 0.0356. The van der Waals surface area contributed by atoms with Crippen molar-refractivity contribution < 1.29 is 9.53 Å². The van der Waals surface area contributed by atoms with Gasteiger partial charge in [0.05, 0.1) is 20.2 Å². The predicted octanol–water partition coefficient (Wildman–Crippen LogP) is -0.197. The molecule has 1 saturated heterocycles. The molecule has 3 N–H and O–H groups in total. The van der Waals surface area contributed by atoms with E-state index < -0.39 is 23.8 Å². The van der Waals surface area contributed by atoms with Crippen LogP contribution in [0, 0.1) is 11.8 Å². The van der Waals surface area contributed by atoms with Gasteiger partial charge < -0.3 is 15.4 Å². The van der Waals surface area contributed by atoms with E-state index in [4.69, 9.17) is 15.5 Å². The number of benzene rings is 1. The van der Waals surface area contributed by atoms with Crippen molar-refractivity contribution in [2.45, 2.75) is 45.4 Å². The molecule has 0 aliphatic carbocycles. The monoisotopic (exact) mass is 505 g/mol. The number of hydrogen-bond acceptors (Lipinski definition) is 9. The fraction of sp³-hybridized carbons (Fsp3) is 0.417. The largest absolute Gasteiger partial charge is 0.468 e. The first-order valence-electron chi connectivity index (χ1n) is 11.9. The smallest absolute Gasteiger partial charge is 0.333 e. The number of nitrogens with one attached hydrogen (secondary N) is 1. The van der Waals surface area contributed by atoms with Crippen molar-refractivity contribution in [1.82, 2.24) is 34.1 Å². The Morgan fingerprint density at radius 3 is 2.78 bits per heavy atom. The third-order valence-electron chi connectivity index (χ3n) is 6.49. The van der Waals surface area contributed by atoms with Crippen LogP contribution in [-0.4, -0.2) is 66.3 Å². The third-order valence-corrected chi connectivity index (χ3v) is 6.49. The average molecular weight is 506 g/mol. The van der Waals surface area contributed by atoms with E-state index in [0.717, 1.165) is 17.4 Å². The number of carbonyl (C=O) groups is 1. The number of H-pyrrole nitrogens is 1. The van der Waals surface area contributed by atoms with Crippen molar-refractivity contribution in [1.29, 1.82) is 0 Å². The van der Waals surface area contributed by atoms with E-state index in [1.165, 1.54) is 11.7 Å². The Labute approximate surface area is 210 Å². The summed E-state index contributed by atoms with van der Waals surface area (Å²) in [5, 5.41) is 10.7. The minimum Gasteiger partial charge on any atom is -0.468 e. The molecule has 13 heteroatoms. The molecule has 3 aromatic heterocycles. The van der Waals surface area contributed by atoms with Gasteiger partial charge in [-0.1, -0.05) is 12.0 Å². The van der Waals surface area contributed by atoms with Crippen molar-refractivity contribution in [2.75, 3.05) is 25.1 Å². The molecule has 1 unspecified atom stereocenters. The highest BCUT2D eigenvalue weighted by molar-refractivity contribution is 5.78. The van der Waals surface area contributed by atoms with Gasteiger partial charge in [-0.25, -0.2) is 4.79 Å². The van der Waals surface area contributed by atoms with E-state index in [0.29, 0.717) is 35.6 Å². The van der Waals surface area contributed by atoms with Crippen molar-refractivity contribution in [3.8, 4) is 11.8 Å². The molecule has 13 nitrogen and oxygen atoms in total. The van der Waals surface area contributed by atoms with Crippen LogP contribution < -0.4 is 21.9 Å². The number of methoxy groups -OCH3 is 1. The molecule has 0 saturated carbocycles. The van der Waals surface area contributed by atoms with Gasteiger partial charge in [-0.2, -0.15) is 20.4 Å². The number of aromatic nitrogens is 7. The second-order valence-corrected chi connectivity index (χ2v) is 8.93. The van der Waals surface area contributed by atoms with Gasteiger partial charge in [0, 0.05) is 19.1 Å². The lowest BCUT2D eigenvalue weighted by atomic mass is 10.1. The van der Waals surface area contributed by atoms with Gasteiger partial charge in [0.15, 0.2) is 11.2 Å². The number of fused-ring (bicyclic) bond motifs is 2. The summed E-state index contributed by atoms with van der Waals surface area (Å²) in [4.78, 5) is 46.5. The van der Waals surface area contributed by atoms with E-state index in [-0.39, 0.29) is 30.3 Å². The van der Waals surface area contributed by atoms with Crippen LogP contribution in [0.3, 0.4) is 0 Å². The van der Waals surface area contributed by atoms with E-state index in [1.807, 2.05) is 4.90 Å². The average Bonchev–Trinajstić information content (AvgIpc) is 3.52. The molecular formula is C24H27N9O4. The van der Waals surface area contributed by atoms with Gasteiger partial charge in [0.25, 0.3) is 5.56 Å². The molecule has 1 aromatic carbocycles. The number of nitrogens with two attached hydrogens (primary N) is 1. The van der Waals surface area contributed by atoms with Crippen LogP contribution in [0.2, 0.25) is 0 Å². The molecular weight excluding hydrogens is 478 g/mol. The zero-order chi connectivity index (χ0) is 26.1. The van der Waals surface area contributed by atoms with E-state index >= 15 is 0 Å². The summed E-state index contributed by atoms with van der Waals surface area (Å²) in [5.74, 6) is 5.71. The molecule has 4 aromatic rings. The van der Waals surface area contributed by atoms with Gasteiger partial charge >= 0.3 is 11.7 Å². The van der Waals surface area contributed by atoms with Crippen molar-refractivity contribution in [3.63, 3.8) is 0 Å². The fourth-order valence-corrected chi connectivity index (χ4v) is 4.66. The number of anilines is 1. The first-order valence-corrected chi connectivity index (χ1v) is 11.9. The first-order chi connectivity index (χ1) is 17.9. The van der Waals surface area contributed by atoms with Crippen molar-refractivity contribution in [2.24, 2.45) is 5.73 Å². The molecule has 1 atom stereocenters. The molecule has 5 rings (SSSR count). The second-order valence-electron chi connectivity index (χ2n) is 8.93. The summed E-state index contributed by atoms with van der Waals surface area (Å²) in [7, 11) is 1.24. The van der Waals surface area contributed by atoms with Crippen LogP contribution in [0.15, 0.2) is 27.8 Å².